The van der Waals surface area contributed by atoms with Crippen LogP contribution in [-0.2, 0) is 25.9 Å². The number of unbranched alkanes of at least 4 members (excludes halogenated alkanes) is 1. The van der Waals surface area contributed by atoms with E-state index in [1.807, 2.05) is 0 Å². The molecule has 3 rings (SSSR count). The topological polar surface area (TPSA) is 132 Å². The lowest BCUT2D eigenvalue weighted by Gasteiger charge is -2.24. The zero-order valence-electron chi connectivity index (χ0n) is 17.8. The molecular formula is C21H24N4O6S. The molecule has 1 saturated heterocycles. The van der Waals surface area contributed by atoms with E-state index in [4.69, 9.17) is 4.74 Å². The average molecular weight is 461 g/mol. The van der Waals surface area contributed by atoms with Crippen molar-refractivity contribution in [2.24, 2.45) is 0 Å². The quantitative estimate of drug-likeness (QED) is 0.465. The van der Waals surface area contributed by atoms with Crippen molar-refractivity contribution in [1.82, 2.24) is 15.0 Å². The van der Waals surface area contributed by atoms with Crippen molar-refractivity contribution in [1.29, 1.82) is 0 Å². The Kier molecular flexibility index (Phi) is 6.84. The lowest BCUT2D eigenvalue weighted by Crippen LogP contribution is -2.46. The summed E-state index contributed by atoms with van der Waals surface area (Å²) in [6.45, 7) is 1.88. The molecule has 1 fully saturated rings. The SMILES string of the molecule is C[C@@](C[C@H]1CN(c2ccc(C#CCCCn3nccn3)cc2)C(=O)O1)(C(=O)O)S(C)(=O)=O. The number of rotatable bonds is 8. The van der Waals surface area contributed by atoms with Crippen LogP contribution in [0.5, 0.6) is 0 Å². The van der Waals surface area contributed by atoms with Gasteiger partial charge in [-0.25, -0.2) is 13.2 Å². The predicted molar refractivity (Wildman–Crippen MR) is 116 cm³/mol. The van der Waals surface area contributed by atoms with Gasteiger partial charge in [-0.2, -0.15) is 15.0 Å². The number of aromatic nitrogens is 3. The summed E-state index contributed by atoms with van der Waals surface area (Å²) >= 11 is 0. The number of nitrogens with zero attached hydrogens (tertiary/aromatic N) is 4. The van der Waals surface area contributed by atoms with E-state index < -0.39 is 32.8 Å². The molecule has 0 saturated carbocycles. The Labute approximate surface area is 186 Å². The highest BCUT2D eigenvalue weighted by atomic mass is 32.2. The second kappa shape index (κ2) is 9.40. The number of aliphatic carboxylic acids is 1. The summed E-state index contributed by atoms with van der Waals surface area (Å²) < 4.78 is 27.2. The van der Waals surface area contributed by atoms with E-state index in [-0.39, 0.29) is 13.0 Å². The summed E-state index contributed by atoms with van der Waals surface area (Å²) in [5, 5.41) is 17.5. The van der Waals surface area contributed by atoms with Gasteiger partial charge in [-0.15, -0.1) is 0 Å². The maximum absolute atomic E-state index is 12.3. The van der Waals surface area contributed by atoms with Gasteiger partial charge < -0.3 is 9.84 Å². The van der Waals surface area contributed by atoms with Crippen LogP contribution < -0.4 is 4.90 Å². The van der Waals surface area contributed by atoms with Crippen molar-refractivity contribution in [3.05, 3.63) is 42.2 Å². The van der Waals surface area contributed by atoms with Crippen molar-refractivity contribution >= 4 is 27.6 Å². The molecule has 170 valence electrons. The van der Waals surface area contributed by atoms with Gasteiger partial charge in [0.2, 0.25) is 0 Å². The van der Waals surface area contributed by atoms with Crippen LogP contribution in [0.4, 0.5) is 10.5 Å². The Morgan fingerprint density at radius 1 is 1.28 bits per heavy atom. The van der Waals surface area contributed by atoms with Crippen molar-refractivity contribution in [3.8, 4) is 11.8 Å². The Balaban J connectivity index is 1.58. The number of carbonyl (C=O) groups is 2. The monoisotopic (exact) mass is 460 g/mol. The van der Waals surface area contributed by atoms with Gasteiger partial charge in [0.15, 0.2) is 14.6 Å². The molecule has 2 heterocycles. The van der Waals surface area contributed by atoms with E-state index in [2.05, 4.69) is 22.0 Å². The molecule has 0 spiro atoms. The minimum Gasteiger partial charge on any atom is -0.480 e. The van der Waals surface area contributed by atoms with Crippen LogP contribution in [0.25, 0.3) is 0 Å². The van der Waals surface area contributed by atoms with Crippen LogP contribution in [-0.4, -0.2) is 64.2 Å². The van der Waals surface area contributed by atoms with E-state index in [0.717, 1.165) is 25.2 Å². The van der Waals surface area contributed by atoms with E-state index in [0.29, 0.717) is 18.7 Å². The van der Waals surface area contributed by atoms with Crippen molar-refractivity contribution < 1.29 is 27.9 Å². The molecule has 11 heteroatoms. The molecule has 10 nitrogen and oxygen atoms in total. The smallest absolute Gasteiger partial charge is 0.414 e. The summed E-state index contributed by atoms with van der Waals surface area (Å²) in [6, 6.07) is 6.98. The minimum absolute atomic E-state index is 0.0592. The number of ether oxygens (including phenoxy) is 1. The van der Waals surface area contributed by atoms with E-state index in [9.17, 15) is 23.1 Å². The molecule has 2 atom stereocenters. The van der Waals surface area contributed by atoms with Crippen LogP contribution >= 0.6 is 0 Å². The van der Waals surface area contributed by atoms with E-state index >= 15 is 0 Å². The van der Waals surface area contributed by atoms with Crippen molar-refractivity contribution in [2.75, 3.05) is 17.7 Å². The van der Waals surface area contributed by atoms with Gasteiger partial charge in [-0.1, -0.05) is 11.8 Å². The number of hydrogen-bond donors (Lipinski definition) is 1. The molecule has 1 N–H and O–H groups in total. The third kappa shape index (κ3) is 5.26. The first kappa shape index (κ1) is 23.3. The molecule has 1 aromatic heterocycles. The van der Waals surface area contributed by atoms with Gasteiger partial charge in [0, 0.05) is 30.3 Å². The zero-order chi connectivity index (χ0) is 23.4. The Hall–Kier alpha value is -3.39. The number of cyclic esters (lactones) is 1. The number of carboxylic acids is 1. The molecule has 0 unspecified atom stereocenters. The highest BCUT2D eigenvalue weighted by molar-refractivity contribution is 7.92. The zero-order valence-corrected chi connectivity index (χ0v) is 18.6. The normalized spacial score (nSPS) is 17.9. The number of sulfone groups is 1. The fraction of sp³-hybridized carbons (Fsp3) is 0.429. The summed E-state index contributed by atoms with van der Waals surface area (Å²) in [7, 11) is -3.92. The summed E-state index contributed by atoms with van der Waals surface area (Å²) in [6.07, 6.45) is 3.79. The summed E-state index contributed by atoms with van der Waals surface area (Å²) in [5.41, 5.74) is 1.34. The van der Waals surface area contributed by atoms with Crippen LogP contribution in [0.15, 0.2) is 36.7 Å². The van der Waals surface area contributed by atoms with Gasteiger partial charge in [-0.3, -0.25) is 9.69 Å². The lowest BCUT2D eigenvalue weighted by molar-refractivity contribution is -0.140. The van der Waals surface area contributed by atoms with Crippen LogP contribution in [0, 0.1) is 11.8 Å². The molecule has 32 heavy (non-hydrogen) atoms. The Bertz CT molecular complexity index is 1140. The summed E-state index contributed by atoms with van der Waals surface area (Å²) in [4.78, 5) is 26.8. The number of hydrogen-bond acceptors (Lipinski definition) is 7. The fourth-order valence-electron chi connectivity index (χ4n) is 3.23. The van der Waals surface area contributed by atoms with Crippen LogP contribution in [0.2, 0.25) is 0 Å². The van der Waals surface area contributed by atoms with Gasteiger partial charge >= 0.3 is 12.1 Å². The first-order valence-corrected chi connectivity index (χ1v) is 11.8. The molecule has 0 aliphatic carbocycles. The van der Waals surface area contributed by atoms with Crippen molar-refractivity contribution in [3.63, 3.8) is 0 Å². The summed E-state index contributed by atoms with van der Waals surface area (Å²) in [5.74, 6) is 4.66. The Morgan fingerprint density at radius 3 is 2.53 bits per heavy atom. The number of aryl methyl sites for hydroxylation is 1. The average Bonchev–Trinajstić information content (AvgIpc) is 3.37. The number of anilines is 1. The molecule has 0 bridgehead atoms. The van der Waals surface area contributed by atoms with Gasteiger partial charge in [-0.05, 0) is 37.6 Å². The number of carboxylic acid groups (broad SMARTS) is 1. The van der Waals surface area contributed by atoms with Crippen LogP contribution in [0.1, 0.15) is 31.7 Å². The standard InChI is InChI=1S/C21H24N4O6S/c1-21(19(26)27,32(2,29)30)14-18-15-24(20(28)31-18)17-9-7-16(8-10-17)6-4-3-5-13-25-22-11-12-23-25/h7-12,18H,3,5,13-15H2,1-2H3,(H,26,27)/t18-,21+/m0/s1. The second-order valence-electron chi connectivity index (χ2n) is 7.71. The van der Waals surface area contributed by atoms with E-state index in [1.165, 1.54) is 4.90 Å². The fourth-order valence-corrected chi connectivity index (χ4v) is 4.03. The van der Waals surface area contributed by atoms with Gasteiger partial charge in [0.05, 0.1) is 25.5 Å². The molecular weight excluding hydrogens is 436 g/mol. The van der Waals surface area contributed by atoms with E-state index in [1.54, 1.807) is 41.5 Å². The predicted octanol–water partition coefficient (Wildman–Crippen LogP) is 1.71. The number of benzene rings is 1. The van der Waals surface area contributed by atoms with Crippen LogP contribution in [0.3, 0.4) is 0 Å². The first-order chi connectivity index (χ1) is 15.1. The molecule has 1 aliphatic heterocycles. The molecule has 1 amide bonds. The third-order valence-electron chi connectivity index (χ3n) is 5.30. The van der Waals surface area contributed by atoms with Crippen molar-refractivity contribution in [2.45, 2.75) is 43.6 Å². The Morgan fingerprint density at radius 2 is 1.94 bits per heavy atom. The molecule has 0 radical (unpaired) electrons. The molecule has 1 aliphatic rings. The first-order valence-electron chi connectivity index (χ1n) is 9.94. The molecule has 1 aromatic carbocycles. The third-order valence-corrected chi connectivity index (χ3v) is 7.28. The molecule has 2 aromatic rings. The highest BCUT2D eigenvalue weighted by Crippen LogP contribution is 2.30. The minimum atomic E-state index is -3.92. The number of amides is 1. The second-order valence-corrected chi connectivity index (χ2v) is 10.2. The maximum Gasteiger partial charge on any atom is 0.414 e. The number of carbonyl (C=O) groups excluding carboxylic acids is 1. The maximum atomic E-state index is 12.3. The lowest BCUT2D eigenvalue weighted by atomic mass is 10.0. The van der Waals surface area contributed by atoms with Gasteiger partial charge in [0.1, 0.15) is 6.10 Å². The highest BCUT2D eigenvalue weighted by Gasteiger charge is 2.48. The largest absolute Gasteiger partial charge is 0.480 e. The van der Waals surface area contributed by atoms with Gasteiger partial charge in [0.25, 0.3) is 0 Å².